The molecule has 0 aromatic carbocycles. The zero-order valence-corrected chi connectivity index (χ0v) is 8.83. The first-order valence-corrected chi connectivity index (χ1v) is 6.44. The first kappa shape index (κ1) is 9.73. The molecule has 1 aliphatic rings. The van der Waals surface area contributed by atoms with Gasteiger partial charge < -0.3 is 4.42 Å². The van der Waals surface area contributed by atoms with Gasteiger partial charge in [-0.05, 0) is 25.0 Å². The van der Waals surface area contributed by atoms with E-state index in [0.29, 0.717) is 6.54 Å². The molecule has 0 amide bonds. The van der Waals surface area contributed by atoms with Gasteiger partial charge in [0, 0.05) is 6.54 Å². The van der Waals surface area contributed by atoms with E-state index in [0.717, 1.165) is 18.6 Å². The molecule has 2 rings (SSSR count). The maximum Gasteiger partial charge on any atom is 0.211 e. The zero-order chi connectivity index (χ0) is 10.2. The summed E-state index contributed by atoms with van der Waals surface area (Å²) < 4.78 is 29.6. The van der Waals surface area contributed by atoms with Crippen LogP contribution in [0.1, 0.15) is 24.6 Å². The third-order valence-electron chi connectivity index (χ3n) is 2.50. The zero-order valence-electron chi connectivity index (χ0n) is 8.01. The molecule has 0 bridgehead atoms. The number of rotatable bonds is 2. The summed E-state index contributed by atoms with van der Waals surface area (Å²) in [6.07, 6.45) is 4.57. The summed E-state index contributed by atoms with van der Waals surface area (Å²) in [4.78, 5) is 0. The van der Waals surface area contributed by atoms with Crippen LogP contribution in [0.2, 0.25) is 0 Å². The number of sulfonamides is 1. The van der Waals surface area contributed by atoms with Gasteiger partial charge in [-0.15, -0.1) is 0 Å². The van der Waals surface area contributed by atoms with Crippen LogP contribution < -0.4 is 0 Å². The monoisotopic (exact) mass is 215 g/mol. The highest BCUT2D eigenvalue weighted by Crippen LogP contribution is 2.33. The molecule has 0 spiro atoms. The maximum absolute atomic E-state index is 11.4. The normalized spacial score (nSPS) is 24.2. The number of hydrogen-bond acceptors (Lipinski definition) is 3. The number of furan rings is 1. The summed E-state index contributed by atoms with van der Waals surface area (Å²) in [5.74, 6) is 0.743. The molecule has 1 aliphatic heterocycles. The molecule has 0 radical (unpaired) electrons. The lowest BCUT2D eigenvalue weighted by molar-refractivity contribution is 0.342. The van der Waals surface area contributed by atoms with Crippen LogP contribution in [0.4, 0.5) is 0 Å². The van der Waals surface area contributed by atoms with E-state index in [1.54, 1.807) is 12.3 Å². The van der Waals surface area contributed by atoms with Crippen LogP contribution in [0.25, 0.3) is 0 Å². The number of nitrogens with zero attached hydrogens (tertiary/aromatic N) is 1. The second-order valence-corrected chi connectivity index (χ2v) is 5.48. The Hall–Kier alpha value is -0.810. The van der Waals surface area contributed by atoms with E-state index >= 15 is 0 Å². The van der Waals surface area contributed by atoms with Crippen LogP contribution in [-0.2, 0) is 10.0 Å². The lowest BCUT2D eigenvalue weighted by atomic mass is 10.2. The SMILES string of the molecule is CS(=O)(=O)N1CCCC1c1ccco1. The van der Waals surface area contributed by atoms with Gasteiger partial charge in [-0.3, -0.25) is 0 Å². The maximum atomic E-state index is 11.4. The van der Waals surface area contributed by atoms with Crippen molar-refractivity contribution >= 4 is 10.0 Å². The minimum atomic E-state index is -3.10. The summed E-state index contributed by atoms with van der Waals surface area (Å²) >= 11 is 0. The summed E-state index contributed by atoms with van der Waals surface area (Å²) in [7, 11) is -3.10. The van der Waals surface area contributed by atoms with E-state index in [1.807, 2.05) is 6.07 Å². The number of hydrogen-bond donors (Lipinski definition) is 0. The molecular formula is C9H13NO3S. The van der Waals surface area contributed by atoms with Gasteiger partial charge in [0.05, 0.1) is 18.6 Å². The molecule has 5 heteroatoms. The third-order valence-corrected chi connectivity index (χ3v) is 3.79. The van der Waals surface area contributed by atoms with E-state index in [4.69, 9.17) is 4.42 Å². The Morgan fingerprint density at radius 3 is 2.93 bits per heavy atom. The molecule has 2 heterocycles. The standard InChI is InChI=1S/C9H13NO3S/c1-14(11,12)10-6-2-4-8(10)9-5-3-7-13-9/h3,5,7-8H,2,4,6H2,1H3. The van der Waals surface area contributed by atoms with Gasteiger partial charge in [-0.1, -0.05) is 0 Å². The summed E-state index contributed by atoms with van der Waals surface area (Å²) in [5, 5.41) is 0. The van der Waals surface area contributed by atoms with Crippen molar-refractivity contribution in [2.75, 3.05) is 12.8 Å². The quantitative estimate of drug-likeness (QED) is 0.748. The van der Waals surface area contributed by atoms with Crippen molar-refractivity contribution in [3.05, 3.63) is 24.2 Å². The highest BCUT2D eigenvalue weighted by molar-refractivity contribution is 7.88. The van der Waals surface area contributed by atoms with Crippen molar-refractivity contribution in [2.45, 2.75) is 18.9 Å². The molecule has 0 aliphatic carbocycles. The van der Waals surface area contributed by atoms with Crippen molar-refractivity contribution in [3.63, 3.8) is 0 Å². The molecule has 0 saturated carbocycles. The van der Waals surface area contributed by atoms with Crippen molar-refractivity contribution in [3.8, 4) is 0 Å². The summed E-state index contributed by atoms with van der Waals surface area (Å²) in [5.41, 5.74) is 0. The van der Waals surface area contributed by atoms with Crippen LogP contribution in [0.5, 0.6) is 0 Å². The van der Waals surface area contributed by atoms with Crippen LogP contribution in [0.15, 0.2) is 22.8 Å². The molecule has 1 unspecified atom stereocenters. The predicted octanol–water partition coefficient (Wildman–Crippen LogP) is 1.38. The predicted molar refractivity (Wildman–Crippen MR) is 52.2 cm³/mol. The average Bonchev–Trinajstić information content (AvgIpc) is 2.73. The largest absolute Gasteiger partial charge is 0.468 e. The second-order valence-electron chi connectivity index (χ2n) is 3.55. The molecular weight excluding hydrogens is 202 g/mol. The molecule has 1 atom stereocenters. The Morgan fingerprint density at radius 2 is 2.36 bits per heavy atom. The van der Waals surface area contributed by atoms with Gasteiger partial charge in [-0.2, -0.15) is 4.31 Å². The first-order chi connectivity index (χ1) is 6.59. The summed E-state index contributed by atoms with van der Waals surface area (Å²) in [6, 6.07) is 3.52. The highest BCUT2D eigenvalue weighted by Gasteiger charge is 2.33. The minimum absolute atomic E-state index is 0.0972. The Morgan fingerprint density at radius 1 is 1.57 bits per heavy atom. The van der Waals surface area contributed by atoms with E-state index in [2.05, 4.69) is 0 Å². The molecule has 1 fully saturated rings. The molecule has 4 nitrogen and oxygen atoms in total. The van der Waals surface area contributed by atoms with Gasteiger partial charge in [0.25, 0.3) is 0 Å². The Balaban J connectivity index is 2.28. The molecule has 0 N–H and O–H groups in total. The first-order valence-electron chi connectivity index (χ1n) is 4.59. The van der Waals surface area contributed by atoms with Gasteiger partial charge in [0.2, 0.25) is 10.0 Å². The Kier molecular flexibility index (Phi) is 2.36. The van der Waals surface area contributed by atoms with Crippen LogP contribution in [0.3, 0.4) is 0 Å². The molecule has 1 saturated heterocycles. The average molecular weight is 215 g/mol. The molecule has 14 heavy (non-hydrogen) atoms. The molecule has 1 aromatic rings. The van der Waals surface area contributed by atoms with Gasteiger partial charge in [0.15, 0.2) is 0 Å². The van der Waals surface area contributed by atoms with Gasteiger partial charge >= 0.3 is 0 Å². The van der Waals surface area contributed by atoms with Crippen molar-refractivity contribution < 1.29 is 12.8 Å². The minimum Gasteiger partial charge on any atom is -0.468 e. The van der Waals surface area contributed by atoms with E-state index in [9.17, 15) is 8.42 Å². The van der Waals surface area contributed by atoms with Crippen LogP contribution in [-0.4, -0.2) is 25.5 Å². The van der Waals surface area contributed by atoms with E-state index < -0.39 is 10.0 Å². The Labute approximate surface area is 83.6 Å². The summed E-state index contributed by atoms with van der Waals surface area (Å²) in [6.45, 7) is 0.601. The fraction of sp³-hybridized carbons (Fsp3) is 0.556. The van der Waals surface area contributed by atoms with E-state index in [-0.39, 0.29) is 6.04 Å². The van der Waals surface area contributed by atoms with E-state index in [1.165, 1.54) is 10.6 Å². The second kappa shape index (κ2) is 3.40. The smallest absolute Gasteiger partial charge is 0.211 e. The lowest BCUT2D eigenvalue weighted by Gasteiger charge is -2.19. The fourth-order valence-electron chi connectivity index (χ4n) is 1.90. The van der Waals surface area contributed by atoms with Crippen LogP contribution in [0, 0.1) is 0 Å². The highest BCUT2D eigenvalue weighted by atomic mass is 32.2. The van der Waals surface area contributed by atoms with Gasteiger partial charge in [0.1, 0.15) is 5.76 Å². The lowest BCUT2D eigenvalue weighted by Crippen LogP contribution is -2.29. The van der Waals surface area contributed by atoms with Crippen molar-refractivity contribution in [1.82, 2.24) is 4.31 Å². The fourth-order valence-corrected chi connectivity index (χ4v) is 3.03. The molecule has 78 valence electrons. The Bertz CT molecular complexity index is 396. The van der Waals surface area contributed by atoms with Crippen molar-refractivity contribution in [1.29, 1.82) is 0 Å². The molecule has 1 aromatic heterocycles. The third kappa shape index (κ3) is 1.69. The topological polar surface area (TPSA) is 50.5 Å². The van der Waals surface area contributed by atoms with Gasteiger partial charge in [-0.25, -0.2) is 8.42 Å². The van der Waals surface area contributed by atoms with Crippen LogP contribution >= 0.6 is 0 Å². The van der Waals surface area contributed by atoms with Crippen molar-refractivity contribution in [2.24, 2.45) is 0 Å².